The van der Waals surface area contributed by atoms with Gasteiger partial charge in [-0.3, -0.25) is 0 Å². The monoisotopic (exact) mass is 365 g/mol. The van der Waals surface area contributed by atoms with Crippen LogP contribution in [0.15, 0.2) is 54.6 Å². The van der Waals surface area contributed by atoms with E-state index in [-0.39, 0.29) is 11.6 Å². The van der Waals surface area contributed by atoms with Gasteiger partial charge in [0.2, 0.25) is 0 Å². The third kappa shape index (κ3) is 3.92. The molecule has 4 rings (SSSR count). The molecule has 4 aromatic rings. The Morgan fingerprint density at radius 3 is 2.52 bits per heavy atom. The van der Waals surface area contributed by atoms with E-state index in [1.807, 2.05) is 19.1 Å². The van der Waals surface area contributed by atoms with Crippen molar-refractivity contribution in [2.24, 2.45) is 0 Å². The molecule has 0 aliphatic carbocycles. The van der Waals surface area contributed by atoms with Gasteiger partial charge < -0.3 is 5.32 Å². The van der Waals surface area contributed by atoms with Crippen LogP contribution in [0, 0.1) is 18.6 Å². The van der Waals surface area contributed by atoms with Gasteiger partial charge in [-0.25, -0.2) is 13.8 Å². The molecule has 0 spiro atoms. The van der Waals surface area contributed by atoms with Gasteiger partial charge in [0, 0.05) is 24.7 Å². The van der Waals surface area contributed by atoms with Crippen molar-refractivity contribution in [3.8, 4) is 0 Å². The van der Waals surface area contributed by atoms with Crippen LogP contribution in [-0.2, 0) is 13.0 Å². The predicted molar refractivity (Wildman–Crippen MR) is 98.5 cm³/mol. The molecule has 0 saturated carbocycles. The summed E-state index contributed by atoms with van der Waals surface area (Å²) in [6, 6.07) is 14.6. The zero-order chi connectivity index (χ0) is 18.8. The highest BCUT2D eigenvalue weighted by Gasteiger charge is 2.11. The van der Waals surface area contributed by atoms with Crippen molar-refractivity contribution in [1.29, 1.82) is 0 Å². The van der Waals surface area contributed by atoms with E-state index < -0.39 is 0 Å². The average Bonchev–Trinajstić information content (AvgIpc) is 3.03. The summed E-state index contributed by atoms with van der Waals surface area (Å²) in [5, 5.41) is 7.79. The Kier molecular flexibility index (Phi) is 4.50. The molecular weight excluding hydrogens is 348 g/mol. The number of fused-ring (bicyclic) bond motifs is 1. The summed E-state index contributed by atoms with van der Waals surface area (Å²) >= 11 is 0. The van der Waals surface area contributed by atoms with Crippen LogP contribution >= 0.6 is 0 Å². The van der Waals surface area contributed by atoms with Gasteiger partial charge in [-0.1, -0.05) is 24.3 Å². The number of anilines is 1. The molecule has 0 amide bonds. The molecule has 0 aliphatic rings. The Morgan fingerprint density at radius 1 is 0.926 bits per heavy atom. The van der Waals surface area contributed by atoms with Gasteiger partial charge in [0.25, 0.3) is 5.78 Å². The Labute approximate surface area is 154 Å². The maximum atomic E-state index is 13.4. The Morgan fingerprint density at radius 2 is 1.74 bits per heavy atom. The number of rotatable bonds is 5. The maximum Gasteiger partial charge on any atom is 0.254 e. The summed E-state index contributed by atoms with van der Waals surface area (Å²) < 4.78 is 28.1. The predicted octanol–water partition coefficient (Wildman–Crippen LogP) is 3.91. The Hall–Kier alpha value is -3.35. The minimum atomic E-state index is -0.285. The highest BCUT2D eigenvalue weighted by atomic mass is 19.1. The van der Waals surface area contributed by atoms with Gasteiger partial charge >= 0.3 is 0 Å². The SMILES string of the molecule is Cc1cc(NCc2ccc(F)cc2)n2nc(Cc3cccc(F)c3)nc2n1. The van der Waals surface area contributed by atoms with E-state index in [4.69, 9.17) is 0 Å². The molecule has 0 bridgehead atoms. The lowest BCUT2D eigenvalue weighted by Crippen LogP contribution is -2.07. The summed E-state index contributed by atoms with van der Waals surface area (Å²) in [6.07, 6.45) is 0.414. The summed E-state index contributed by atoms with van der Waals surface area (Å²) in [5.74, 6) is 1.22. The first kappa shape index (κ1) is 17.1. The zero-order valence-corrected chi connectivity index (χ0v) is 14.7. The minimum absolute atomic E-state index is 0.265. The van der Waals surface area contributed by atoms with E-state index in [2.05, 4.69) is 20.4 Å². The first-order valence-electron chi connectivity index (χ1n) is 8.53. The molecule has 5 nitrogen and oxygen atoms in total. The van der Waals surface area contributed by atoms with Gasteiger partial charge in [-0.15, -0.1) is 5.10 Å². The maximum absolute atomic E-state index is 13.4. The van der Waals surface area contributed by atoms with Crippen LogP contribution in [0.25, 0.3) is 5.78 Å². The standard InChI is InChI=1S/C20H17F2N5/c1-13-9-19(23-12-14-5-7-16(21)8-6-14)27-20(24-13)25-18(26-27)11-15-3-2-4-17(22)10-15/h2-10,23H,11-12H2,1H3. The number of aryl methyl sites for hydroxylation is 1. The van der Waals surface area contributed by atoms with E-state index in [1.165, 1.54) is 24.3 Å². The summed E-state index contributed by atoms with van der Waals surface area (Å²) in [6.45, 7) is 2.39. The van der Waals surface area contributed by atoms with Crippen molar-refractivity contribution in [2.45, 2.75) is 19.9 Å². The fourth-order valence-corrected chi connectivity index (χ4v) is 2.85. The number of hydrogen-bond donors (Lipinski definition) is 1. The lowest BCUT2D eigenvalue weighted by atomic mass is 10.1. The second-order valence-electron chi connectivity index (χ2n) is 6.31. The lowest BCUT2D eigenvalue weighted by molar-refractivity contribution is 0.625. The number of benzene rings is 2. The van der Waals surface area contributed by atoms with E-state index >= 15 is 0 Å². The second-order valence-corrected chi connectivity index (χ2v) is 6.31. The van der Waals surface area contributed by atoms with Crippen LogP contribution in [0.3, 0.4) is 0 Å². The molecule has 7 heteroatoms. The van der Waals surface area contributed by atoms with Gasteiger partial charge in [0.05, 0.1) is 0 Å². The molecule has 0 aliphatic heterocycles. The average molecular weight is 365 g/mol. The Bertz CT molecular complexity index is 1090. The van der Waals surface area contributed by atoms with Crippen LogP contribution in [-0.4, -0.2) is 19.6 Å². The van der Waals surface area contributed by atoms with Crippen LogP contribution in [0.2, 0.25) is 0 Å². The van der Waals surface area contributed by atoms with Crippen LogP contribution in [0.5, 0.6) is 0 Å². The van der Waals surface area contributed by atoms with E-state index in [1.54, 1.807) is 22.7 Å². The molecule has 0 saturated heterocycles. The molecule has 27 heavy (non-hydrogen) atoms. The largest absolute Gasteiger partial charge is 0.366 e. The molecule has 0 radical (unpaired) electrons. The first-order valence-corrected chi connectivity index (χ1v) is 8.53. The number of halogens is 2. The van der Waals surface area contributed by atoms with Crippen LogP contribution < -0.4 is 5.32 Å². The summed E-state index contributed by atoms with van der Waals surface area (Å²) in [5.41, 5.74) is 2.54. The van der Waals surface area contributed by atoms with E-state index in [9.17, 15) is 8.78 Å². The number of aromatic nitrogens is 4. The first-order chi connectivity index (χ1) is 13.1. The molecule has 1 N–H and O–H groups in total. The van der Waals surface area contributed by atoms with Gasteiger partial charge in [-0.2, -0.15) is 9.50 Å². The molecule has 136 valence electrons. The fraction of sp³-hybridized carbons (Fsp3) is 0.150. The zero-order valence-electron chi connectivity index (χ0n) is 14.7. The number of nitrogens with zero attached hydrogens (tertiary/aromatic N) is 4. The topological polar surface area (TPSA) is 55.1 Å². The summed E-state index contributed by atoms with van der Waals surface area (Å²) in [4.78, 5) is 8.86. The van der Waals surface area contributed by atoms with Crippen LogP contribution in [0.4, 0.5) is 14.6 Å². The van der Waals surface area contributed by atoms with Crippen molar-refractivity contribution in [1.82, 2.24) is 19.6 Å². The number of hydrogen-bond acceptors (Lipinski definition) is 4. The smallest absolute Gasteiger partial charge is 0.254 e. The van der Waals surface area contributed by atoms with Crippen molar-refractivity contribution in [3.05, 3.63) is 88.9 Å². The van der Waals surface area contributed by atoms with Crippen molar-refractivity contribution in [3.63, 3.8) is 0 Å². The molecular formula is C20H17F2N5. The quantitative estimate of drug-likeness (QED) is 0.583. The van der Waals surface area contributed by atoms with Gasteiger partial charge in [0.15, 0.2) is 5.82 Å². The Balaban J connectivity index is 1.60. The van der Waals surface area contributed by atoms with Crippen molar-refractivity contribution < 1.29 is 8.78 Å². The second kappa shape index (κ2) is 7.11. The third-order valence-corrected chi connectivity index (χ3v) is 4.12. The van der Waals surface area contributed by atoms with E-state index in [0.717, 1.165) is 22.6 Å². The molecule has 2 aromatic carbocycles. The van der Waals surface area contributed by atoms with Crippen LogP contribution in [0.1, 0.15) is 22.6 Å². The normalized spacial score (nSPS) is 11.1. The van der Waals surface area contributed by atoms with Crippen molar-refractivity contribution >= 4 is 11.6 Å². The molecule has 0 unspecified atom stereocenters. The van der Waals surface area contributed by atoms with Crippen molar-refractivity contribution in [2.75, 3.05) is 5.32 Å². The molecule has 2 heterocycles. The van der Waals surface area contributed by atoms with E-state index in [0.29, 0.717) is 24.6 Å². The lowest BCUT2D eigenvalue weighted by Gasteiger charge is -2.08. The number of nitrogens with one attached hydrogen (secondary N) is 1. The summed E-state index contributed by atoms with van der Waals surface area (Å²) in [7, 11) is 0. The minimum Gasteiger partial charge on any atom is -0.366 e. The third-order valence-electron chi connectivity index (χ3n) is 4.12. The van der Waals surface area contributed by atoms with Gasteiger partial charge in [0.1, 0.15) is 17.5 Å². The molecule has 0 fully saturated rings. The van der Waals surface area contributed by atoms with Gasteiger partial charge in [-0.05, 0) is 42.3 Å². The fourth-order valence-electron chi connectivity index (χ4n) is 2.85. The highest BCUT2D eigenvalue weighted by Crippen LogP contribution is 2.15. The molecule has 2 aromatic heterocycles. The highest BCUT2D eigenvalue weighted by molar-refractivity contribution is 5.46. The molecule has 0 atom stereocenters.